The Kier molecular flexibility index (Phi) is 7.94. The Bertz CT molecular complexity index is 1270. The normalized spacial score (nSPS) is 17.7. The Balaban J connectivity index is 1.52. The van der Waals surface area contributed by atoms with E-state index in [9.17, 15) is 23.6 Å². The first-order valence-electron chi connectivity index (χ1n) is 13.2. The Morgan fingerprint density at radius 2 is 1.72 bits per heavy atom. The lowest BCUT2D eigenvalue weighted by Crippen LogP contribution is -2.60. The molecule has 0 aromatic heterocycles. The number of amides is 5. The Morgan fingerprint density at radius 1 is 1.08 bits per heavy atom. The number of piperidine rings is 1. The van der Waals surface area contributed by atoms with E-state index in [-0.39, 0.29) is 49.2 Å². The molecule has 1 unspecified atom stereocenters. The summed E-state index contributed by atoms with van der Waals surface area (Å²) in [5, 5.41) is 2.73. The van der Waals surface area contributed by atoms with Gasteiger partial charge in [0.05, 0.1) is 12.7 Å². The van der Waals surface area contributed by atoms with E-state index in [0.29, 0.717) is 17.9 Å². The van der Waals surface area contributed by atoms with Crippen molar-refractivity contribution in [2.24, 2.45) is 5.92 Å². The van der Waals surface area contributed by atoms with E-state index < -0.39 is 29.3 Å². The molecule has 9 nitrogen and oxygen atoms in total. The maximum Gasteiger partial charge on any atom is 0.331 e. The largest absolute Gasteiger partial charge is 0.497 e. The van der Waals surface area contributed by atoms with Crippen molar-refractivity contribution in [2.45, 2.75) is 51.6 Å². The number of methoxy groups -OCH3 is 1. The summed E-state index contributed by atoms with van der Waals surface area (Å²) in [7, 11) is 3.01. The number of benzene rings is 2. The lowest BCUT2D eigenvalue weighted by molar-refractivity contribution is -0.139. The highest BCUT2D eigenvalue weighted by atomic mass is 19.1. The number of aryl methyl sites for hydroxylation is 1. The average molecular weight is 539 g/mol. The monoisotopic (exact) mass is 538 g/mol. The van der Waals surface area contributed by atoms with Crippen LogP contribution in [0.1, 0.15) is 49.5 Å². The molecular formula is C29H35FN4O5. The molecular weight excluding hydrogens is 503 g/mol. The van der Waals surface area contributed by atoms with Gasteiger partial charge >= 0.3 is 6.03 Å². The number of urea groups is 1. The van der Waals surface area contributed by atoms with Gasteiger partial charge in [-0.15, -0.1) is 0 Å². The fourth-order valence-corrected chi connectivity index (χ4v) is 5.35. The van der Waals surface area contributed by atoms with Crippen molar-refractivity contribution in [3.63, 3.8) is 0 Å². The molecule has 2 fully saturated rings. The van der Waals surface area contributed by atoms with Gasteiger partial charge < -0.3 is 15.0 Å². The van der Waals surface area contributed by atoms with E-state index in [1.807, 2.05) is 20.8 Å². The average Bonchev–Trinajstić information content (AvgIpc) is 3.12. The van der Waals surface area contributed by atoms with Gasteiger partial charge in [-0.3, -0.25) is 24.2 Å². The molecule has 10 heteroatoms. The number of halogens is 1. The Hall–Kier alpha value is -3.95. The van der Waals surface area contributed by atoms with Crippen molar-refractivity contribution in [1.29, 1.82) is 0 Å². The van der Waals surface area contributed by atoms with Crippen LogP contribution in [0.5, 0.6) is 5.75 Å². The number of imide groups is 1. The maximum absolute atomic E-state index is 14.4. The minimum atomic E-state index is -1.11. The van der Waals surface area contributed by atoms with E-state index in [4.69, 9.17) is 4.74 Å². The van der Waals surface area contributed by atoms with Gasteiger partial charge in [-0.05, 0) is 67.1 Å². The van der Waals surface area contributed by atoms with Crippen LogP contribution >= 0.6 is 0 Å². The number of rotatable bonds is 7. The third kappa shape index (κ3) is 5.07. The summed E-state index contributed by atoms with van der Waals surface area (Å²) in [6.07, 6.45) is 1.13. The summed E-state index contributed by atoms with van der Waals surface area (Å²) in [6, 6.07) is 10.0. The van der Waals surface area contributed by atoms with Crippen molar-refractivity contribution >= 4 is 29.4 Å². The third-order valence-corrected chi connectivity index (χ3v) is 7.74. The van der Waals surface area contributed by atoms with Crippen LogP contribution in [0.3, 0.4) is 0 Å². The predicted molar refractivity (Wildman–Crippen MR) is 144 cm³/mol. The second-order valence-electron chi connectivity index (χ2n) is 10.4. The molecule has 2 aliphatic rings. The molecule has 0 radical (unpaired) electrons. The quantitative estimate of drug-likeness (QED) is 0.543. The number of hydrogen-bond acceptors (Lipinski definition) is 5. The van der Waals surface area contributed by atoms with Crippen LogP contribution in [0.25, 0.3) is 0 Å². The molecule has 5 amide bonds. The molecule has 0 saturated carbocycles. The SMILES string of the molecule is CCc1ccc(F)c(C(=O)NC(C(=O)N2CCC3(CC2)C(=O)N(C)C(=O)N3c2ccc(OC)cc2)C(C)C)c1. The van der Waals surface area contributed by atoms with Crippen molar-refractivity contribution in [2.75, 3.05) is 32.1 Å². The number of nitrogens with one attached hydrogen (secondary N) is 1. The van der Waals surface area contributed by atoms with Crippen LogP contribution in [-0.4, -0.2) is 72.4 Å². The fourth-order valence-electron chi connectivity index (χ4n) is 5.35. The molecule has 1 N–H and O–H groups in total. The minimum Gasteiger partial charge on any atom is -0.497 e. The van der Waals surface area contributed by atoms with Gasteiger partial charge in [0.1, 0.15) is 23.1 Å². The number of likely N-dealkylation sites (tertiary alicyclic amines) is 1. The molecule has 2 aliphatic heterocycles. The minimum absolute atomic E-state index is 0.0985. The molecule has 2 aromatic rings. The summed E-state index contributed by atoms with van der Waals surface area (Å²) in [6.45, 7) is 5.97. The highest BCUT2D eigenvalue weighted by Gasteiger charge is 2.58. The maximum atomic E-state index is 14.4. The van der Waals surface area contributed by atoms with E-state index in [0.717, 1.165) is 10.5 Å². The number of likely N-dealkylation sites (N-methyl/N-ethyl adjacent to an activating group) is 1. The van der Waals surface area contributed by atoms with Crippen molar-refractivity contribution in [3.05, 3.63) is 59.4 Å². The van der Waals surface area contributed by atoms with Crippen LogP contribution in [0, 0.1) is 11.7 Å². The van der Waals surface area contributed by atoms with Gasteiger partial charge in [0, 0.05) is 25.8 Å². The van der Waals surface area contributed by atoms with E-state index in [2.05, 4.69) is 5.32 Å². The van der Waals surface area contributed by atoms with Crippen LogP contribution < -0.4 is 15.0 Å². The summed E-state index contributed by atoms with van der Waals surface area (Å²) in [4.78, 5) is 57.3. The molecule has 1 atom stereocenters. The van der Waals surface area contributed by atoms with Crippen LogP contribution in [0.2, 0.25) is 0 Å². The summed E-state index contributed by atoms with van der Waals surface area (Å²) >= 11 is 0. The molecule has 0 aliphatic carbocycles. The lowest BCUT2D eigenvalue weighted by Gasteiger charge is -2.43. The molecule has 1 spiro atoms. The molecule has 2 saturated heterocycles. The Labute approximate surface area is 227 Å². The zero-order valence-corrected chi connectivity index (χ0v) is 23.0. The van der Waals surface area contributed by atoms with Gasteiger partial charge in [0.25, 0.3) is 11.8 Å². The first-order valence-corrected chi connectivity index (χ1v) is 13.2. The first kappa shape index (κ1) is 28.1. The molecule has 0 bridgehead atoms. The summed E-state index contributed by atoms with van der Waals surface area (Å²) < 4.78 is 19.6. The molecule has 4 rings (SSSR count). The van der Waals surface area contributed by atoms with E-state index in [1.54, 1.807) is 42.3 Å². The van der Waals surface area contributed by atoms with Gasteiger partial charge in [0.2, 0.25) is 5.91 Å². The fraction of sp³-hybridized carbons (Fsp3) is 0.448. The van der Waals surface area contributed by atoms with Gasteiger partial charge in [-0.2, -0.15) is 0 Å². The van der Waals surface area contributed by atoms with Gasteiger partial charge in [-0.1, -0.05) is 26.8 Å². The summed E-state index contributed by atoms with van der Waals surface area (Å²) in [5.41, 5.74) is 0.176. The van der Waals surface area contributed by atoms with Crippen molar-refractivity contribution < 1.29 is 28.3 Å². The number of hydrogen-bond donors (Lipinski definition) is 1. The third-order valence-electron chi connectivity index (χ3n) is 7.74. The lowest BCUT2D eigenvalue weighted by atomic mass is 9.85. The topological polar surface area (TPSA) is 99.3 Å². The second-order valence-corrected chi connectivity index (χ2v) is 10.4. The predicted octanol–water partition coefficient (Wildman–Crippen LogP) is 3.61. The highest BCUT2D eigenvalue weighted by Crippen LogP contribution is 2.40. The van der Waals surface area contributed by atoms with Gasteiger partial charge in [0.15, 0.2) is 0 Å². The standard InChI is InChI=1S/C29H35FN4O5/c1-6-19-7-12-23(30)22(17-19)25(35)31-24(18(2)3)26(36)33-15-13-29(14-16-33)27(37)32(4)28(38)34(29)20-8-10-21(39-5)11-9-20/h7-12,17-18,24H,6,13-16H2,1-5H3,(H,31,35). The van der Waals surface area contributed by atoms with Crippen LogP contribution in [0.15, 0.2) is 42.5 Å². The zero-order chi connectivity index (χ0) is 28.5. The molecule has 208 valence electrons. The van der Waals surface area contributed by atoms with E-state index >= 15 is 0 Å². The smallest absolute Gasteiger partial charge is 0.331 e. The zero-order valence-electron chi connectivity index (χ0n) is 23.0. The van der Waals surface area contributed by atoms with Crippen LogP contribution in [0.4, 0.5) is 14.9 Å². The number of anilines is 1. The summed E-state index contributed by atoms with van der Waals surface area (Å²) in [5.74, 6) is -1.54. The van der Waals surface area contributed by atoms with Crippen molar-refractivity contribution in [1.82, 2.24) is 15.1 Å². The molecule has 2 aromatic carbocycles. The first-order chi connectivity index (χ1) is 18.5. The molecule has 39 heavy (non-hydrogen) atoms. The number of nitrogens with zero attached hydrogens (tertiary/aromatic N) is 3. The van der Waals surface area contributed by atoms with Crippen molar-refractivity contribution in [3.8, 4) is 5.75 Å². The number of ether oxygens (including phenoxy) is 1. The number of carbonyl (C=O) groups is 4. The Morgan fingerprint density at radius 3 is 2.28 bits per heavy atom. The highest BCUT2D eigenvalue weighted by molar-refractivity contribution is 6.16. The second kappa shape index (κ2) is 11.0. The van der Waals surface area contributed by atoms with Crippen LogP contribution in [-0.2, 0) is 16.0 Å². The number of carbonyl (C=O) groups excluding carboxylic acids is 4. The van der Waals surface area contributed by atoms with E-state index in [1.165, 1.54) is 24.1 Å². The van der Waals surface area contributed by atoms with Gasteiger partial charge in [-0.25, -0.2) is 9.18 Å². The molecule has 2 heterocycles.